The summed E-state index contributed by atoms with van der Waals surface area (Å²) in [5.41, 5.74) is 7.12. The Balaban J connectivity index is 0.966. The lowest BCUT2D eigenvalue weighted by Crippen LogP contribution is -2.51. The van der Waals surface area contributed by atoms with Gasteiger partial charge in [0, 0.05) is 37.1 Å². The van der Waals surface area contributed by atoms with Crippen LogP contribution >= 0.6 is 0 Å². The second-order valence-electron chi connectivity index (χ2n) is 17.1. The van der Waals surface area contributed by atoms with E-state index in [1.165, 1.54) is 14.2 Å². The van der Waals surface area contributed by atoms with Gasteiger partial charge in [-0.15, -0.1) is 0 Å². The van der Waals surface area contributed by atoms with Crippen LogP contribution in [-0.2, 0) is 30.4 Å². The second kappa shape index (κ2) is 17.7. The molecular formula is C48H52N8O8. The summed E-state index contributed by atoms with van der Waals surface area (Å²) in [6.07, 6.45) is 2.66. The number of H-pyrrole nitrogens is 2. The van der Waals surface area contributed by atoms with Gasteiger partial charge in [-0.05, 0) is 77.1 Å². The number of nitrogens with one attached hydrogen (secondary N) is 4. The van der Waals surface area contributed by atoms with Crippen molar-refractivity contribution in [1.82, 2.24) is 40.4 Å². The van der Waals surface area contributed by atoms with Crippen molar-refractivity contribution in [2.24, 2.45) is 11.8 Å². The third-order valence-corrected chi connectivity index (χ3v) is 12.7. The largest absolute Gasteiger partial charge is 0.488 e. The van der Waals surface area contributed by atoms with Gasteiger partial charge in [-0.2, -0.15) is 0 Å². The van der Waals surface area contributed by atoms with Gasteiger partial charge in [-0.25, -0.2) is 19.6 Å². The minimum atomic E-state index is -0.900. The molecule has 64 heavy (non-hydrogen) atoms. The van der Waals surface area contributed by atoms with Crippen LogP contribution in [0.1, 0.15) is 74.0 Å². The average Bonchev–Trinajstić information content (AvgIpc) is 4.15. The van der Waals surface area contributed by atoms with Crippen LogP contribution in [0.4, 0.5) is 9.59 Å². The second-order valence-corrected chi connectivity index (χ2v) is 17.1. The van der Waals surface area contributed by atoms with Crippen molar-refractivity contribution in [2.75, 3.05) is 41.0 Å². The van der Waals surface area contributed by atoms with E-state index in [9.17, 15) is 19.2 Å². The highest BCUT2D eigenvalue weighted by Crippen LogP contribution is 2.44. The van der Waals surface area contributed by atoms with Gasteiger partial charge >= 0.3 is 12.2 Å². The topological polar surface area (TPSA) is 193 Å². The van der Waals surface area contributed by atoms with Gasteiger partial charge < -0.3 is 49.3 Å². The zero-order valence-corrected chi connectivity index (χ0v) is 36.5. The molecule has 5 atom stereocenters. The summed E-state index contributed by atoms with van der Waals surface area (Å²) in [6, 6.07) is 21.4. The van der Waals surface area contributed by atoms with Crippen molar-refractivity contribution in [3.63, 3.8) is 0 Å². The maximum atomic E-state index is 14.1. The predicted molar refractivity (Wildman–Crippen MR) is 238 cm³/mol. The number of imidazole rings is 2. The molecule has 4 N–H and O–H groups in total. The molecule has 3 aliphatic heterocycles. The fourth-order valence-corrected chi connectivity index (χ4v) is 9.53. The molecule has 0 aliphatic carbocycles. The summed E-state index contributed by atoms with van der Waals surface area (Å²) in [7, 11) is 4.22. The van der Waals surface area contributed by atoms with E-state index in [4.69, 9.17) is 28.9 Å². The number of methoxy groups -OCH3 is 3. The molecule has 1 unspecified atom stereocenters. The summed E-state index contributed by atoms with van der Waals surface area (Å²) in [5.74, 6) is 1.62. The van der Waals surface area contributed by atoms with Gasteiger partial charge in [-0.1, -0.05) is 62.4 Å². The highest BCUT2D eigenvalue weighted by Gasteiger charge is 2.42. The molecule has 4 amide bonds. The maximum Gasteiger partial charge on any atom is 0.407 e. The molecule has 2 fully saturated rings. The first-order valence-corrected chi connectivity index (χ1v) is 21.7. The molecule has 16 nitrogen and oxygen atoms in total. The van der Waals surface area contributed by atoms with E-state index in [0.29, 0.717) is 49.9 Å². The molecule has 332 valence electrons. The average molecular weight is 869 g/mol. The van der Waals surface area contributed by atoms with Gasteiger partial charge in [0.1, 0.15) is 36.1 Å². The normalized spacial score (nSPS) is 18.9. The summed E-state index contributed by atoms with van der Waals surface area (Å²) < 4.78 is 21.6. The van der Waals surface area contributed by atoms with Crippen molar-refractivity contribution in [2.45, 2.75) is 63.9 Å². The van der Waals surface area contributed by atoms with Crippen LogP contribution in [0, 0.1) is 11.8 Å². The number of aromatic amines is 2. The van der Waals surface area contributed by atoms with Gasteiger partial charge in [0.25, 0.3) is 5.91 Å². The van der Waals surface area contributed by atoms with Gasteiger partial charge in [0.05, 0.1) is 55.8 Å². The molecule has 0 saturated carbocycles. The number of carbonyl (C=O) groups excluding carboxylic acids is 4. The molecule has 3 aliphatic rings. The first kappa shape index (κ1) is 42.4. The Labute approximate surface area is 370 Å². The maximum absolute atomic E-state index is 14.1. The number of amides is 4. The Kier molecular flexibility index (Phi) is 11.7. The third-order valence-electron chi connectivity index (χ3n) is 12.7. The Bertz CT molecular complexity index is 2730. The Hall–Kier alpha value is -6.94. The van der Waals surface area contributed by atoms with E-state index >= 15 is 0 Å². The lowest BCUT2D eigenvalue weighted by atomic mass is 9.92. The molecule has 6 aromatic rings. The fourth-order valence-electron chi connectivity index (χ4n) is 9.53. The number of benzene rings is 4. The highest BCUT2D eigenvalue weighted by atomic mass is 16.5. The van der Waals surface area contributed by atoms with Crippen LogP contribution in [0.3, 0.4) is 0 Å². The molecule has 0 bridgehead atoms. The van der Waals surface area contributed by atoms with E-state index in [2.05, 4.69) is 50.9 Å². The highest BCUT2D eigenvalue weighted by molar-refractivity contribution is 6.07. The number of ether oxygens (including phenoxy) is 4. The number of hydrogen-bond donors (Lipinski definition) is 4. The van der Waals surface area contributed by atoms with Crippen molar-refractivity contribution >= 4 is 45.8 Å². The lowest BCUT2D eigenvalue weighted by molar-refractivity contribution is -0.136. The van der Waals surface area contributed by atoms with Crippen molar-refractivity contribution < 1.29 is 38.1 Å². The summed E-state index contributed by atoms with van der Waals surface area (Å²) in [6.45, 7) is 5.65. The van der Waals surface area contributed by atoms with Gasteiger partial charge in [0.2, 0.25) is 5.91 Å². The third kappa shape index (κ3) is 7.97. The SMILES string of the molecule is COC[C@H]1C[C@@H](c2nc3c(ccc4cc5c(cc43)OCc3cc(-c4cnc([C@@H]6CCCN6C(=O)C(NC(=O)OC)c6ccccc6)[nH]4)ccc3-5)[nH]2)N(C(=O)[C@@H](NC(=O)OC)C(C)C)C1. The standard InChI is InChI=1S/C48H52N8O8/c1-26(2)40(53-47(59)62-4)45(57)56-23-27(24-61-3)18-38(56)44-50-35-16-14-29-20-34-32-15-13-30(19-31(32)25-64-39(34)21-33(29)42(35)52-44)36-22-49-43(51-36)37-12-9-17-55(37)46(58)41(54-48(60)63-5)28-10-7-6-8-11-28/h6-8,10-11,13-16,19-22,26-27,37-38,40-41H,9,12,17-18,23-25H2,1-5H3,(H,49,51)(H,50,52)(H,53,59)(H,54,60)/t27-,37-,38-,40-,41?/m0/s1. The van der Waals surface area contributed by atoms with E-state index in [1.54, 1.807) is 18.2 Å². The molecule has 0 radical (unpaired) electrons. The van der Waals surface area contributed by atoms with E-state index in [0.717, 1.165) is 68.3 Å². The van der Waals surface area contributed by atoms with Gasteiger partial charge in [-0.3, -0.25) is 9.59 Å². The Morgan fingerprint density at radius 1 is 0.859 bits per heavy atom. The van der Waals surface area contributed by atoms with Crippen LogP contribution < -0.4 is 15.4 Å². The van der Waals surface area contributed by atoms with Crippen LogP contribution in [0.25, 0.3) is 44.2 Å². The molecule has 4 aromatic carbocycles. The number of nitrogens with zero attached hydrogens (tertiary/aromatic N) is 4. The van der Waals surface area contributed by atoms with Crippen LogP contribution in [0.2, 0.25) is 0 Å². The van der Waals surface area contributed by atoms with Crippen LogP contribution in [-0.4, -0.2) is 101 Å². The summed E-state index contributed by atoms with van der Waals surface area (Å²) >= 11 is 0. The fraction of sp³-hybridized carbons (Fsp3) is 0.375. The first-order valence-electron chi connectivity index (χ1n) is 21.7. The lowest BCUT2D eigenvalue weighted by Gasteiger charge is -2.30. The van der Waals surface area contributed by atoms with Crippen molar-refractivity contribution in [3.05, 3.63) is 102 Å². The van der Waals surface area contributed by atoms with Gasteiger partial charge in [0.15, 0.2) is 0 Å². The van der Waals surface area contributed by atoms with E-state index in [1.807, 2.05) is 61.2 Å². The minimum Gasteiger partial charge on any atom is -0.488 e. The van der Waals surface area contributed by atoms with Crippen LogP contribution in [0.15, 0.2) is 79.0 Å². The van der Waals surface area contributed by atoms with E-state index in [-0.39, 0.29) is 35.7 Å². The Morgan fingerprint density at radius 3 is 2.42 bits per heavy atom. The summed E-state index contributed by atoms with van der Waals surface area (Å²) in [5, 5.41) is 7.37. The molecular weight excluding hydrogens is 817 g/mol. The molecule has 0 spiro atoms. The number of likely N-dealkylation sites (tertiary alicyclic amines) is 2. The molecule has 5 heterocycles. The zero-order valence-electron chi connectivity index (χ0n) is 36.5. The minimum absolute atomic E-state index is 0.0935. The number of carbonyl (C=O) groups is 4. The smallest absolute Gasteiger partial charge is 0.407 e. The summed E-state index contributed by atoms with van der Waals surface area (Å²) in [4.78, 5) is 73.1. The number of rotatable bonds is 11. The number of fused-ring (bicyclic) bond motifs is 6. The number of hydrogen-bond acceptors (Lipinski definition) is 10. The molecule has 2 saturated heterocycles. The van der Waals surface area contributed by atoms with E-state index < -0.39 is 24.3 Å². The number of aromatic nitrogens is 4. The molecule has 16 heteroatoms. The number of alkyl carbamates (subject to hydrolysis) is 2. The van der Waals surface area contributed by atoms with Crippen molar-refractivity contribution in [1.29, 1.82) is 0 Å². The Morgan fingerprint density at radius 2 is 1.66 bits per heavy atom. The monoisotopic (exact) mass is 868 g/mol. The predicted octanol–water partition coefficient (Wildman–Crippen LogP) is 7.34. The zero-order chi connectivity index (χ0) is 44.6. The molecule has 2 aromatic heterocycles. The first-order chi connectivity index (χ1) is 31.0. The quantitative estimate of drug-likeness (QED) is 0.102. The van der Waals surface area contributed by atoms with Crippen molar-refractivity contribution in [3.8, 4) is 28.1 Å². The molecule has 9 rings (SSSR count). The van der Waals surface area contributed by atoms with Crippen LogP contribution in [0.5, 0.6) is 5.75 Å².